The van der Waals surface area contributed by atoms with Crippen LogP contribution in [-0.2, 0) is 48.4 Å². The first kappa shape index (κ1) is 36.5. The van der Waals surface area contributed by atoms with Crippen LogP contribution in [0.5, 0.6) is 0 Å². The van der Waals surface area contributed by atoms with Gasteiger partial charge >= 0.3 is 17.9 Å². The summed E-state index contributed by atoms with van der Waals surface area (Å²) in [5.74, 6) is -1.04. The van der Waals surface area contributed by atoms with Crippen LogP contribution >= 0.6 is 34.0 Å². The zero-order chi connectivity index (χ0) is 37.6. The number of rotatable bonds is 12. The first-order chi connectivity index (χ1) is 26.3. The van der Waals surface area contributed by atoms with Crippen LogP contribution in [0.3, 0.4) is 0 Å². The number of esters is 3. The first-order valence-corrected chi connectivity index (χ1v) is 19.5. The molecule has 0 radical (unpaired) electrons. The lowest BCUT2D eigenvalue weighted by Gasteiger charge is -2.26. The monoisotopic (exact) mass is 771 g/mol. The maximum absolute atomic E-state index is 11.6. The fourth-order valence-electron chi connectivity index (χ4n) is 6.16. The molecule has 0 aliphatic carbocycles. The Morgan fingerprint density at radius 1 is 0.426 bits per heavy atom. The predicted molar refractivity (Wildman–Crippen MR) is 212 cm³/mol. The summed E-state index contributed by atoms with van der Waals surface area (Å²) < 4.78 is 15.9. The van der Waals surface area contributed by atoms with E-state index in [4.69, 9.17) is 29.2 Å². The third-order valence-corrected chi connectivity index (χ3v) is 10.9. The highest BCUT2D eigenvalue weighted by Gasteiger charge is 2.31. The van der Waals surface area contributed by atoms with Gasteiger partial charge in [-0.3, -0.25) is 14.4 Å². The molecule has 270 valence electrons. The second-order valence-electron chi connectivity index (χ2n) is 12.2. The van der Waals surface area contributed by atoms with Gasteiger partial charge in [0.1, 0.15) is 34.8 Å². The van der Waals surface area contributed by atoms with Gasteiger partial charge in [-0.2, -0.15) is 0 Å². The van der Waals surface area contributed by atoms with Crippen molar-refractivity contribution in [2.45, 2.75) is 40.6 Å². The fraction of sp³-hybridized carbons (Fsp3) is 0.143. The van der Waals surface area contributed by atoms with Gasteiger partial charge in [0.15, 0.2) is 0 Å². The quantitative estimate of drug-likeness (QED) is 0.0884. The molecule has 0 amide bonds. The van der Waals surface area contributed by atoms with E-state index >= 15 is 0 Å². The van der Waals surface area contributed by atoms with Crippen LogP contribution in [0.1, 0.15) is 37.5 Å². The van der Waals surface area contributed by atoms with Crippen molar-refractivity contribution in [2.75, 3.05) is 0 Å². The molecule has 0 saturated carbocycles. The molecule has 7 aromatic rings. The number of aromatic nitrogens is 3. The highest BCUT2D eigenvalue weighted by atomic mass is 32.1. The Morgan fingerprint density at radius 3 is 0.889 bits per heavy atom. The van der Waals surface area contributed by atoms with Crippen molar-refractivity contribution < 1.29 is 28.6 Å². The molecule has 7 rings (SSSR count). The van der Waals surface area contributed by atoms with Gasteiger partial charge in [-0.25, -0.2) is 15.0 Å². The Kier molecular flexibility index (Phi) is 11.1. The van der Waals surface area contributed by atoms with E-state index in [9.17, 15) is 14.4 Å². The minimum atomic E-state index is -0.346. The van der Waals surface area contributed by atoms with E-state index in [1.165, 1.54) is 20.8 Å². The number of carbonyl (C=O) groups is 3. The van der Waals surface area contributed by atoms with Crippen LogP contribution in [0.15, 0.2) is 108 Å². The average Bonchev–Trinajstić information content (AvgIpc) is 4.00. The van der Waals surface area contributed by atoms with E-state index in [1.807, 2.05) is 88.9 Å². The van der Waals surface area contributed by atoms with E-state index in [0.29, 0.717) is 0 Å². The summed E-state index contributed by atoms with van der Waals surface area (Å²) in [7, 11) is 0. The second-order valence-corrected chi connectivity index (χ2v) is 14.9. The Bertz CT molecular complexity index is 2100. The number of ether oxygens (including phenoxy) is 3. The van der Waals surface area contributed by atoms with E-state index < -0.39 is 0 Å². The van der Waals surface area contributed by atoms with Gasteiger partial charge in [0, 0.05) is 88.9 Å². The lowest BCUT2D eigenvalue weighted by Crippen LogP contribution is -2.03. The summed E-state index contributed by atoms with van der Waals surface area (Å²) >= 11 is 4.63. The van der Waals surface area contributed by atoms with Crippen LogP contribution in [-0.4, -0.2) is 32.9 Å². The number of nitrogens with zero attached hydrogens (tertiary/aromatic N) is 3. The lowest BCUT2D eigenvalue weighted by molar-refractivity contribution is -0.143. The molecule has 0 aliphatic rings. The molecule has 0 aliphatic heterocycles. The Morgan fingerprint density at radius 2 is 0.685 bits per heavy atom. The van der Waals surface area contributed by atoms with Crippen LogP contribution in [0.2, 0.25) is 0 Å². The summed E-state index contributed by atoms with van der Waals surface area (Å²) in [6.07, 6.45) is 5.42. The van der Waals surface area contributed by atoms with Crippen molar-refractivity contribution in [3.8, 4) is 65.1 Å². The fourth-order valence-corrected chi connectivity index (χ4v) is 8.24. The zero-order valence-electron chi connectivity index (χ0n) is 29.5. The number of hydrogen-bond donors (Lipinski definition) is 0. The van der Waals surface area contributed by atoms with E-state index in [-0.39, 0.29) is 37.7 Å². The molecule has 0 spiro atoms. The highest BCUT2D eigenvalue weighted by molar-refractivity contribution is 7.14. The number of carbonyl (C=O) groups excluding carboxylic acids is 3. The zero-order valence-corrected chi connectivity index (χ0v) is 32.0. The molecule has 0 fully saturated rings. The molecule has 12 heteroatoms. The lowest BCUT2D eigenvalue weighted by atomic mass is 9.79. The largest absolute Gasteiger partial charge is 0.461 e. The minimum absolute atomic E-state index is 0.160. The van der Waals surface area contributed by atoms with Crippen molar-refractivity contribution in [1.82, 2.24) is 15.0 Å². The molecule has 3 heterocycles. The van der Waals surface area contributed by atoms with Crippen molar-refractivity contribution in [3.05, 3.63) is 124 Å². The molecule has 0 unspecified atom stereocenters. The number of thiazole rings is 3. The molecule has 54 heavy (non-hydrogen) atoms. The Balaban J connectivity index is 1.60. The Labute approximate surface area is 323 Å². The smallest absolute Gasteiger partial charge is 0.302 e. The molecule has 0 saturated heterocycles. The molecule has 4 aromatic carbocycles. The standard InChI is InChI=1S/C42H33N3O6S3/c1-25(46)49-22-28-4-10-31(11-5-28)34-37(40-43-16-19-52-40)35(32-12-6-29(7-13-32)23-50-26(2)47)39(42-45-18-21-54-42)36(38(34)41-44-17-20-53-41)33-14-8-30(9-15-33)24-51-27(3)48/h4-21H,22-24H2,1-3H3. The molecular weight excluding hydrogens is 739 g/mol. The summed E-state index contributed by atoms with van der Waals surface area (Å²) in [5, 5.41) is 8.34. The molecule has 9 nitrogen and oxygen atoms in total. The van der Waals surface area contributed by atoms with Gasteiger partial charge in [0.25, 0.3) is 0 Å². The van der Waals surface area contributed by atoms with Crippen molar-refractivity contribution >= 4 is 51.9 Å². The maximum atomic E-state index is 11.6. The third-order valence-electron chi connectivity index (χ3n) is 8.49. The van der Waals surface area contributed by atoms with Crippen LogP contribution < -0.4 is 0 Å². The second kappa shape index (κ2) is 16.5. The molecule has 0 bridgehead atoms. The van der Waals surface area contributed by atoms with Crippen molar-refractivity contribution in [3.63, 3.8) is 0 Å². The third kappa shape index (κ3) is 8.05. The first-order valence-electron chi connectivity index (χ1n) is 16.9. The van der Waals surface area contributed by atoms with E-state index in [2.05, 4.69) is 0 Å². The normalized spacial score (nSPS) is 10.9. The van der Waals surface area contributed by atoms with Gasteiger partial charge in [0.05, 0.1) is 0 Å². The van der Waals surface area contributed by atoms with Gasteiger partial charge in [0.2, 0.25) is 0 Å². The molecule has 0 N–H and O–H groups in total. The number of hydrogen-bond acceptors (Lipinski definition) is 12. The van der Waals surface area contributed by atoms with E-state index in [1.54, 1.807) is 52.6 Å². The highest BCUT2D eigenvalue weighted by Crippen LogP contribution is 2.56. The average molecular weight is 772 g/mol. The van der Waals surface area contributed by atoms with Crippen LogP contribution in [0.25, 0.3) is 65.1 Å². The maximum Gasteiger partial charge on any atom is 0.302 e. The van der Waals surface area contributed by atoms with Gasteiger partial charge in [-0.15, -0.1) is 34.0 Å². The summed E-state index contributed by atoms with van der Waals surface area (Å²) in [5.41, 5.74) is 10.8. The summed E-state index contributed by atoms with van der Waals surface area (Å²) in [4.78, 5) is 49.6. The van der Waals surface area contributed by atoms with Crippen molar-refractivity contribution in [1.29, 1.82) is 0 Å². The topological polar surface area (TPSA) is 118 Å². The predicted octanol–water partition coefficient (Wildman–Crippen LogP) is 10.2. The molecule has 3 aromatic heterocycles. The molecule has 0 atom stereocenters. The summed E-state index contributed by atoms with van der Waals surface area (Å²) in [6, 6.07) is 24.1. The minimum Gasteiger partial charge on any atom is -0.461 e. The summed E-state index contributed by atoms with van der Waals surface area (Å²) in [6.45, 7) is 4.67. The van der Waals surface area contributed by atoms with Crippen LogP contribution in [0, 0.1) is 0 Å². The van der Waals surface area contributed by atoms with Gasteiger partial charge < -0.3 is 14.2 Å². The number of benzene rings is 4. The van der Waals surface area contributed by atoms with Crippen molar-refractivity contribution in [2.24, 2.45) is 0 Å². The van der Waals surface area contributed by atoms with Crippen LogP contribution in [0.4, 0.5) is 0 Å². The Hall–Kier alpha value is -5.82. The van der Waals surface area contributed by atoms with E-state index in [0.717, 1.165) is 81.8 Å². The molecular formula is C42H33N3O6S3. The van der Waals surface area contributed by atoms with Gasteiger partial charge in [-0.1, -0.05) is 72.8 Å². The van der Waals surface area contributed by atoms with Gasteiger partial charge in [-0.05, 0) is 33.4 Å². The SMILES string of the molecule is CC(=O)OCc1ccc(-c2c(-c3nccs3)c(-c3ccc(COC(C)=O)cc3)c(-c3nccs3)c(-c3ccc(COC(C)=O)cc3)c2-c2nccs2)cc1.